The summed E-state index contributed by atoms with van der Waals surface area (Å²) in [5.74, 6) is -0.718. The van der Waals surface area contributed by atoms with E-state index in [0.29, 0.717) is 0 Å². The van der Waals surface area contributed by atoms with Crippen LogP contribution in [-0.4, -0.2) is 30.9 Å². The smallest absolute Gasteiger partial charge is 0.333 e. The highest BCUT2D eigenvalue weighted by molar-refractivity contribution is 9.10. The lowest BCUT2D eigenvalue weighted by atomic mass is 10.0. The van der Waals surface area contributed by atoms with Gasteiger partial charge in [-0.1, -0.05) is 41.9 Å². The van der Waals surface area contributed by atoms with Gasteiger partial charge in [-0.3, -0.25) is 4.79 Å². The van der Waals surface area contributed by atoms with Crippen LogP contribution in [-0.2, 0) is 14.3 Å². The van der Waals surface area contributed by atoms with Crippen LogP contribution in [0, 0.1) is 5.92 Å². The van der Waals surface area contributed by atoms with Gasteiger partial charge in [0.25, 0.3) is 0 Å². The van der Waals surface area contributed by atoms with Gasteiger partial charge in [-0.25, -0.2) is 4.79 Å². The lowest BCUT2D eigenvalue weighted by Gasteiger charge is -2.27. The van der Waals surface area contributed by atoms with Crippen LogP contribution in [0.4, 0.5) is 0 Å². The molecule has 0 aliphatic heterocycles. The number of hydrogen-bond acceptors (Lipinski definition) is 3. The number of carbonyl (C=O) groups excluding carboxylic acids is 2. The fourth-order valence-corrected chi connectivity index (χ4v) is 2.07. The zero-order chi connectivity index (χ0) is 14.6. The predicted molar refractivity (Wildman–Crippen MR) is 76.5 cm³/mol. The van der Waals surface area contributed by atoms with Crippen molar-refractivity contribution in [1.82, 2.24) is 4.90 Å². The maximum Gasteiger partial charge on any atom is 0.333 e. The van der Waals surface area contributed by atoms with E-state index in [4.69, 9.17) is 4.74 Å². The van der Waals surface area contributed by atoms with E-state index in [1.165, 1.54) is 12.0 Å². The minimum Gasteiger partial charge on any atom is -0.467 e. The highest BCUT2D eigenvalue weighted by Crippen LogP contribution is 2.24. The predicted octanol–water partition coefficient (Wildman–Crippen LogP) is 2.78. The number of nitrogens with zero attached hydrogens (tertiary/aromatic N) is 1. The van der Waals surface area contributed by atoms with Gasteiger partial charge in [0.1, 0.15) is 0 Å². The first-order chi connectivity index (χ1) is 8.88. The van der Waals surface area contributed by atoms with E-state index < -0.39 is 12.0 Å². The first-order valence-corrected chi connectivity index (χ1v) is 6.77. The molecule has 0 aromatic heterocycles. The van der Waals surface area contributed by atoms with Crippen molar-refractivity contribution in [2.45, 2.75) is 19.9 Å². The van der Waals surface area contributed by atoms with Crippen LogP contribution in [0.1, 0.15) is 25.5 Å². The SMILES string of the molecule is COC(=O)C(c1ccc(Br)cc1)N(C)C(=O)C(C)C. The van der Waals surface area contributed by atoms with E-state index in [2.05, 4.69) is 15.9 Å². The average molecular weight is 328 g/mol. The number of ether oxygens (including phenoxy) is 1. The second-order valence-electron chi connectivity index (χ2n) is 4.58. The third-order valence-corrected chi connectivity index (χ3v) is 3.37. The summed E-state index contributed by atoms with van der Waals surface area (Å²) >= 11 is 3.34. The molecule has 0 saturated heterocycles. The Hall–Kier alpha value is -1.36. The molecule has 1 aromatic carbocycles. The Kier molecular flexibility index (Phi) is 5.54. The van der Waals surface area contributed by atoms with Crippen molar-refractivity contribution in [2.24, 2.45) is 5.92 Å². The number of esters is 1. The minimum absolute atomic E-state index is 0.0988. The molecule has 5 heteroatoms. The van der Waals surface area contributed by atoms with Crippen molar-refractivity contribution in [3.05, 3.63) is 34.3 Å². The van der Waals surface area contributed by atoms with Crippen LogP contribution < -0.4 is 0 Å². The molecule has 0 radical (unpaired) electrons. The molecule has 19 heavy (non-hydrogen) atoms. The van der Waals surface area contributed by atoms with E-state index in [9.17, 15) is 9.59 Å². The molecular weight excluding hydrogens is 310 g/mol. The number of halogens is 1. The van der Waals surface area contributed by atoms with Crippen molar-refractivity contribution in [2.75, 3.05) is 14.2 Å². The second kappa shape index (κ2) is 6.70. The molecule has 0 saturated carbocycles. The molecule has 4 nitrogen and oxygen atoms in total. The molecule has 0 fully saturated rings. The summed E-state index contributed by atoms with van der Waals surface area (Å²) in [7, 11) is 2.94. The van der Waals surface area contributed by atoms with Crippen LogP contribution >= 0.6 is 15.9 Å². The van der Waals surface area contributed by atoms with E-state index in [-0.39, 0.29) is 11.8 Å². The first kappa shape index (κ1) is 15.7. The van der Waals surface area contributed by atoms with Gasteiger partial charge in [-0.05, 0) is 17.7 Å². The van der Waals surface area contributed by atoms with Crippen LogP contribution in [0.2, 0.25) is 0 Å². The zero-order valence-electron chi connectivity index (χ0n) is 11.5. The van der Waals surface area contributed by atoms with Crippen molar-refractivity contribution in [3.63, 3.8) is 0 Å². The van der Waals surface area contributed by atoms with Crippen LogP contribution in [0.5, 0.6) is 0 Å². The fourth-order valence-electron chi connectivity index (χ4n) is 1.81. The van der Waals surface area contributed by atoms with E-state index in [1.807, 2.05) is 12.1 Å². The van der Waals surface area contributed by atoms with Crippen LogP contribution in [0.15, 0.2) is 28.7 Å². The molecule has 1 amide bonds. The summed E-state index contributed by atoms with van der Waals surface area (Å²) in [6.07, 6.45) is 0. The van der Waals surface area contributed by atoms with Gasteiger partial charge < -0.3 is 9.64 Å². The second-order valence-corrected chi connectivity index (χ2v) is 5.50. The molecule has 1 atom stereocenters. The third kappa shape index (κ3) is 3.80. The molecule has 1 aromatic rings. The molecule has 1 unspecified atom stereocenters. The van der Waals surface area contributed by atoms with Crippen molar-refractivity contribution in [1.29, 1.82) is 0 Å². The zero-order valence-corrected chi connectivity index (χ0v) is 13.1. The van der Waals surface area contributed by atoms with Gasteiger partial charge >= 0.3 is 5.97 Å². The molecule has 0 spiro atoms. The monoisotopic (exact) mass is 327 g/mol. The van der Waals surface area contributed by atoms with Crippen LogP contribution in [0.3, 0.4) is 0 Å². The van der Waals surface area contributed by atoms with Crippen molar-refractivity contribution in [3.8, 4) is 0 Å². The van der Waals surface area contributed by atoms with Crippen molar-refractivity contribution < 1.29 is 14.3 Å². The Morgan fingerprint density at radius 1 is 1.21 bits per heavy atom. The molecule has 1 rings (SSSR count). The number of likely N-dealkylation sites (N-methyl/N-ethyl adjacent to an activating group) is 1. The largest absolute Gasteiger partial charge is 0.467 e. The van der Waals surface area contributed by atoms with Gasteiger partial charge in [0.15, 0.2) is 6.04 Å². The highest BCUT2D eigenvalue weighted by Gasteiger charge is 2.30. The number of rotatable bonds is 4. The summed E-state index contributed by atoms with van der Waals surface area (Å²) in [5.41, 5.74) is 0.728. The maximum atomic E-state index is 12.1. The number of amides is 1. The van der Waals surface area contributed by atoms with Crippen molar-refractivity contribution >= 4 is 27.8 Å². The van der Waals surface area contributed by atoms with Gasteiger partial charge in [0.2, 0.25) is 5.91 Å². The molecule has 0 heterocycles. The van der Waals surface area contributed by atoms with Gasteiger partial charge in [-0.15, -0.1) is 0 Å². The van der Waals surface area contributed by atoms with E-state index in [1.54, 1.807) is 33.0 Å². The maximum absolute atomic E-state index is 12.1. The number of benzene rings is 1. The summed E-state index contributed by atoms with van der Waals surface area (Å²) in [4.78, 5) is 25.4. The Morgan fingerprint density at radius 2 is 1.74 bits per heavy atom. The summed E-state index contributed by atoms with van der Waals surface area (Å²) < 4.78 is 5.72. The van der Waals surface area contributed by atoms with E-state index in [0.717, 1.165) is 10.0 Å². The molecular formula is C14H18BrNO3. The standard InChI is InChI=1S/C14H18BrNO3/c1-9(2)13(17)16(3)12(14(18)19-4)10-5-7-11(15)8-6-10/h5-9,12H,1-4H3. The van der Waals surface area contributed by atoms with Gasteiger partial charge in [0, 0.05) is 17.4 Å². The van der Waals surface area contributed by atoms with Gasteiger partial charge in [0.05, 0.1) is 7.11 Å². The Balaban J connectivity index is 3.11. The molecule has 0 bridgehead atoms. The topological polar surface area (TPSA) is 46.6 Å². The number of hydrogen-bond donors (Lipinski definition) is 0. The molecule has 104 valence electrons. The lowest BCUT2D eigenvalue weighted by molar-refractivity contribution is -0.153. The first-order valence-electron chi connectivity index (χ1n) is 5.98. The summed E-state index contributed by atoms with van der Waals surface area (Å²) in [6.45, 7) is 3.60. The summed E-state index contributed by atoms with van der Waals surface area (Å²) in [5, 5.41) is 0. The summed E-state index contributed by atoms with van der Waals surface area (Å²) in [6, 6.07) is 6.55. The van der Waals surface area contributed by atoms with Crippen LogP contribution in [0.25, 0.3) is 0 Å². The molecule has 0 aliphatic rings. The molecule has 0 aliphatic carbocycles. The average Bonchev–Trinajstić information content (AvgIpc) is 2.39. The highest BCUT2D eigenvalue weighted by atomic mass is 79.9. The quantitative estimate of drug-likeness (QED) is 0.799. The number of carbonyl (C=O) groups is 2. The Morgan fingerprint density at radius 3 is 2.16 bits per heavy atom. The lowest BCUT2D eigenvalue weighted by Crippen LogP contribution is -2.38. The van der Waals surface area contributed by atoms with Gasteiger partial charge in [-0.2, -0.15) is 0 Å². The molecule has 0 N–H and O–H groups in total. The third-order valence-electron chi connectivity index (χ3n) is 2.84. The Bertz CT molecular complexity index is 456. The minimum atomic E-state index is -0.715. The van der Waals surface area contributed by atoms with E-state index >= 15 is 0 Å². The fraction of sp³-hybridized carbons (Fsp3) is 0.429. The Labute approximate surface area is 121 Å². The number of methoxy groups -OCH3 is 1. The normalized spacial score (nSPS) is 12.1.